The number of fused-ring (bicyclic) bond motifs is 1. The number of aryl methyl sites for hydroxylation is 1. The molecular weight excluding hydrogens is 466 g/mol. The van der Waals surface area contributed by atoms with Crippen LogP contribution in [-0.2, 0) is 19.1 Å². The van der Waals surface area contributed by atoms with Crippen molar-refractivity contribution in [2.45, 2.75) is 111 Å². The molecule has 7 nitrogen and oxygen atoms in total. The molecule has 0 aliphatic carbocycles. The van der Waals surface area contributed by atoms with Crippen molar-refractivity contribution in [3.8, 4) is 0 Å². The van der Waals surface area contributed by atoms with Gasteiger partial charge in [-0.25, -0.2) is 4.98 Å². The number of Topliss-reactive ketones (excluding diaryl/α,β-unsaturated/α-hetero) is 1. The Balaban J connectivity index is 1.85. The standard InChI is InChI=1S/C27H41NO6S/c1-15-9-8-10-27(7)22(34-27)12-20(16(2)11-19-14-28-18(4)35-19)33-23(30)13-21(29)26(5,6)25(32)17(3)24(15)31/h11,14-15,17,20-22,24,29,31H,8-10,12-13H2,1-7H3/b16-11+/t15-,17+,20-,21-,22-,24-,27+/m0/s1. The van der Waals surface area contributed by atoms with Crippen LogP contribution in [0, 0.1) is 24.2 Å². The SMILES string of the molecule is C/C(=C\c1cnc(C)s1)[C@@H]1C[C@@H]2O[C@]2(C)CCC[C@H](C)[C@H](O)[C@@H](C)C(=O)C(C)(C)[C@@H](O)CC(=O)O1. The van der Waals surface area contributed by atoms with Gasteiger partial charge in [0, 0.05) is 23.4 Å². The highest BCUT2D eigenvalue weighted by Gasteiger charge is 2.53. The molecular formula is C27H41NO6S. The minimum absolute atomic E-state index is 0.0400. The first-order valence-corrected chi connectivity index (χ1v) is 13.4. The Morgan fingerprint density at radius 2 is 1.91 bits per heavy atom. The summed E-state index contributed by atoms with van der Waals surface area (Å²) in [6, 6.07) is 0. The average molecular weight is 508 g/mol. The van der Waals surface area contributed by atoms with Gasteiger partial charge in [-0.05, 0) is 51.2 Å². The van der Waals surface area contributed by atoms with E-state index in [9.17, 15) is 19.8 Å². The van der Waals surface area contributed by atoms with E-state index in [1.165, 1.54) is 0 Å². The fourth-order valence-electron chi connectivity index (χ4n) is 5.06. The molecule has 2 aliphatic rings. The summed E-state index contributed by atoms with van der Waals surface area (Å²) in [5, 5.41) is 22.7. The molecule has 1 aromatic heterocycles. The first kappa shape index (κ1) is 28.0. The smallest absolute Gasteiger partial charge is 0.309 e. The van der Waals surface area contributed by atoms with Gasteiger partial charge in [0.1, 0.15) is 11.9 Å². The summed E-state index contributed by atoms with van der Waals surface area (Å²) < 4.78 is 11.9. The molecule has 0 spiro atoms. The molecule has 0 aromatic carbocycles. The third-order valence-electron chi connectivity index (χ3n) is 7.92. The summed E-state index contributed by atoms with van der Waals surface area (Å²) in [6.45, 7) is 12.9. The predicted octanol–water partition coefficient (Wildman–Crippen LogP) is 4.48. The average Bonchev–Trinajstić information content (AvgIpc) is 3.22. The van der Waals surface area contributed by atoms with Crippen LogP contribution in [0.5, 0.6) is 0 Å². The number of ketones is 1. The van der Waals surface area contributed by atoms with Gasteiger partial charge in [0.25, 0.3) is 0 Å². The van der Waals surface area contributed by atoms with E-state index >= 15 is 0 Å². The zero-order valence-electron chi connectivity index (χ0n) is 22.0. The Kier molecular flexibility index (Phi) is 8.62. The molecule has 35 heavy (non-hydrogen) atoms. The molecule has 7 atom stereocenters. The molecule has 8 heteroatoms. The van der Waals surface area contributed by atoms with Crippen LogP contribution in [0.15, 0.2) is 11.8 Å². The number of epoxide rings is 1. The summed E-state index contributed by atoms with van der Waals surface area (Å²) in [5.74, 6) is -1.54. The molecule has 2 fully saturated rings. The van der Waals surface area contributed by atoms with Gasteiger partial charge in [-0.15, -0.1) is 11.3 Å². The van der Waals surface area contributed by atoms with Crippen molar-refractivity contribution in [2.75, 3.05) is 0 Å². The van der Waals surface area contributed by atoms with E-state index in [-0.39, 0.29) is 29.8 Å². The molecule has 3 heterocycles. The van der Waals surface area contributed by atoms with E-state index in [4.69, 9.17) is 9.47 Å². The summed E-state index contributed by atoms with van der Waals surface area (Å²) in [7, 11) is 0. The number of rotatable bonds is 2. The van der Waals surface area contributed by atoms with Crippen LogP contribution in [0.1, 0.15) is 83.5 Å². The highest BCUT2D eigenvalue weighted by atomic mass is 32.1. The summed E-state index contributed by atoms with van der Waals surface area (Å²) >= 11 is 1.57. The zero-order valence-corrected chi connectivity index (χ0v) is 22.9. The van der Waals surface area contributed by atoms with Crippen molar-refractivity contribution in [1.29, 1.82) is 0 Å². The quantitative estimate of drug-likeness (QED) is 0.449. The van der Waals surface area contributed by atoms with Crippen molar-refractivity contribution in [3.05, 3.63) is 21.7 Å². The van der Waals surface area contributed by atoms with Gasteiger partial charge in [0.2, 0.25) is 0 Å². The molecule has 0 bridgehead atoms. The van der Waals surface area contributed by atoms with E-state index in [2.05, 4.69) is 11.9 Å². The minimum atomic E-state index is -1.23. The third kappa shape index (κ3) is 6.59. The van der Waals surface area contributed by atoms with Crippen LogP contribution in [0.3, 0.4) is 0 Å². The Bertz CT molecular complexity index is 955. The van der Waals surface area contributed by atoms with Gasteiger partial charge in [-0.3, -0.25) is 9.59 Å². The minimum Gasteiger partial charge on any atom is -0.458 e. The highest BCUT2D eigenvalue weighted by Crippen LogP contribution is 2.45. The van der Waals surface area contributed by atoms with Crippen LogP contribution < -0.4 is 0 Å². The number of aliphatic hydroxyl groups is 2. The summed E-state index contributed by atoms with van der Waals surface area (Å²) in [4.78, 5) is 31.4. The van der Waals surface area contributed by atoms with E-state index in [0.717, 1.165) is 34.7 Å². The van der Waals surface area contributed by atoms with Crippen molar-refractivity contribution < 1.29 is 29.3 Å². The largest absolute Gasteiger partial charge is 0.458 e. The van der Waals surface area contributed by atoms with Gasteiger partial charge in [-0.1, -0.05) is 34.1 Å². The van der Waals surface area contributed by atoms with Crippen LogP contribution in [0.2, 0.25) is 0 Å². The Hall–Kier alpha value is -1.61. The maximum Gasteiger partial charge on any atom is 0.309 e. The number of esters is 1. The van der Waals surface area contributed by atoms with E-state index < -0.39 is 35.6 Å². The van der Waals surface area contributed by atoms with Crippen molar-refractivity contribution >= 4 is 29.2 Å². The molecule has 0 radical (unpaired) electrons. The number of carbonyl (C=O) groups excluding carboxylic acids is 2. The first-order valence-electron chi connectivity index (χ1n) is 12.6. The maximum absolute atomic E-state index is 13.2. The van der Waals surface area contributed by atoms with Crippen molar-refractivity contribution in [1.82, 2.24) is 4.98 Å². The number of ether oxygens (including phenoxy) is 2. The second-order valence-corrected chi connectivity index (χ2v) is 12.5. The summed E-state index contributed by atoms with van der Waals surface area (Å²) in [5.41, 5.74) is -0.609. The first-order chi connectivity index (χ1) is 16.2. The van der Waals surface area contributed by atoms with Crippen LogP contribution >= 0.6 is 11.3 Å². The molecule has 0 saturated carbocycles. The fourth-order valence-corrected chi connectivity index (χ4v) is 5.85. The normalized spacial score (nSPS) is 37.5. The number of thiazole rings is 1. The van der Waals surface area contributed by atoms with Gasteiger partial charge in [0.15, 0.2) is 0 Å². The Labute approximate surface area is 212 Å². The topological polar surface area (TPSA) is 109 Å². The molecule has 2 N–H and O–H groups in total. The Morgan fingerprint density at radius 1 is 1.23 bits per heavy atom. The highest BCUT2D eigenvalue weighted by molar-refractivity contribution is 7.12. The molecule has 196 valence electrons. The number of hydrogen-bond donors (Lipinski definition) is 2. The second-order valence-electron chi connectivity index (χ2n) is 11.3. The Morgan fingerprint density at radius 3 is 2.54 bits per heavy atom. The van der Waals surface area contributed by atoms with Crippen LogP contribution in [-0.4, -0.2) is 57.0 Å². The second kappa shape index (κ2) is 10.8. The van der Waals surface area contributed by atoms with Crippen molar-refractivity contribution in [2.24, 2.45) is 17.3 Å². The predicted molar refractivity (Wildman–Crippen MR) is 136 cm³/mol. The van der Waals surface area contributed by atoms with E-state index in [1.54, 1.807) is 38.3 Å². The van der Waals surface area contributed by atoms with Gasteiger partial charge < -0.3 is 19.7 Å². The molecule has 0 unspecified atom stereocenters. The monoisotopic (exact) mass is 507 g/mol. The number of carbonyl (C=O) groups is 2. The van der Waals surface area contributed by atoms with Crippen LogP contribution in [0.25, 0.3) is 6.08 Å². The van der Waals surface area contributed by atoms with Gasteiger partial charge in [0.05, 0.1) is 40.8 Å². The van der Waals surface area contributed by atoms with E-state index in [1.807, 2.05) is 26.8 Å². The zero-order chi connectivity index (χ0) is 26.1. The number of aliphatic hydroxyl groups excluding tert-OH is 2. The number of hydrogen-bond acceptors (Lipinski definition) is 8. The lowest BCUT2D eigenvalue weighted by Crippen LogP contribution is -2.45. The molecule has 0 amide bonds. The summed E-state index contributed by atoms with van der Waals surface area (Å²) in [6.07, 6.45) is 3.88. The van der Waals surface area contributed by atoms with Gasteiger partial charge >= 0.3 is 5.97 Å². The molecule has 2 saturated heterocycles. The molecule has 3 rings (SSSR count). The van der Waals surface area contributed by atoms with Crippen molar-refractivity contribution in [3.63, 3.8) is 0 Å². The third-order valence-corrected chi connectivity index (χ3v) is 8.78. The number of aromatic nitrogens is 1. The molecule has 1 aromatic rings. The number of cyclic esters (lactones) is 1. The lowest BCUT2D eigenvalue weighted by molar-refractivity contribution is -0.154. The number of nitrogens with zero attached hydrogens (tertiary/aromatic N) is 1. The van der Waals surface area contributed by atoms with Gasteiger partial charge in [-0.2, -0.15) is 0 Å². The molecule has 2 aliphatic heterocycles. The maximum atomic E-state index is 13.2. The lowest BCUT2D eigenvalue weighted by atomic mass is 9.73. The fraction of sp³-hybridized carbons (Fsp3) is 0.741. The van der Waals surface area contributed by atoms with E-state index in [0.29, 0.717) is 6.42 Å². The van der Waals surface area contributed by atoms with Crippen LogP contribution in [0.4, 0.5) is 0 Å². The lowest BCUT2D eigenvalue weighted by Gasteiger charge is -2.34.